The first-order valence-corrected chi connectivity index (χ1v) is 13.1. The van der Waals surface area contributed by atoms with E-state index < -0.39 is 0 Å². The number of hydrogen-bond acceptors (Lipinski definition) is 5. The number of Topliss-reactive ketones (excluding diaryl/α,β-unsaturated/α-hetero) is 2. The monoisotopic (exact) mass is 445 g/mol. The highest BCUT2D eigenvalue weighted by atomic mass is 16.5. The smallest absolute Gasteiger partial charge is 0.137 e. The quantitative estimate of drug-likeness (QED) is 0.699. The summed E-state index contributed by atoms with van der Waals surface area (Å²) in [6, 6.07) is 0.104. The van der Waals surface area contributed by atoms with Crippen LogP contribution in [-0.4, -0.2) is 59.0 Å². The van der Waals surface area contributed by atoms with Crippen molar-refractivity contribution in [1.29, 1.82) is 0 Å². The van der Waals surface area contributed by atoms with Crippen molar-refractivity contribution < 1.29 is 19.4 Å². The van der Waals surface area contributed by atoms with Gasteiger partial charge in [-0.2, -0.15) is 0 Å². The van der Waals surface area contributed by atoms with Crippen molar-refractivity contribution in [3.8, 4) is 0 Å². The minimum absolute atomic E-state index is 0.0536. The second-order valence-corrected chi connectivity index (χ2v) is 13.1. The molecule has 5 nitrogen and oxygen atoms in total. The van der Waals surface area contributed by atoms with Gasteiger partial charge in [-0.05, 0) is 87.9 Å². The molecule has 5 heteroatoms. The molecule has 5 rings (SSSR count). The van der Waals surface area contributed by atoms with Crippen molar-refractivity contribution in [3.63, 3.8) is 0 Å². The van der Waals surface area contributed by atoms with Gasteiger partial charge in [0.15, 0.2) is 0 Å². The van der Waals surface area contributed by atoms with Crippen LogP contribution in [-0.2, 0) is 14.3 Å². The summed E-state index contributed by atoms with van der Waals surface area (Å²) in [7, 11) is 0. The average Bonchev–Trinajstić information content (AvgIpc) is 3.03. The number of carbonyl (C=O) groups is 2. The third kappa shape index (κ3) is 3.36. The molecule has 0 spiro atoms. The van der Waals surface area contributed by atoms with Gasteiger partial charge in [-0.1, -0.05) is 13.8 Å². The lowest BCUT2D eigenvalue weighted by Crippen LogP contribution is -2.64. The van der Waals surface area contributed by atoms with E-state index in [-0.39, 0.29) is 46.2 Å². The van der Waals surface area contributed by atoms with Gasteiger partial charge in [0.1, 0.15) is 11.6 Å². The summed E-state index contributed by atoms with van der Waals surface area (Å²) in [6.07, 6.45) is 6.22. The molecule has 9 atom stereocenters. The zero-order chi connectivity index (χ0) is 23.1. The fourth-order valence-corrected chi connectivity index (χ4v) is 9.47. The number of fused-ring (bicyclic) bond motifs is 5. The first-order chi connectivity index (χ1) is 15.0. The molecule has 4 aliphatic carbocycles. The summed E-state index contributed by atoms with van der Waals surface area (Å²) in [5, 5.41) is 11.2. The summed E-state index contributed by atoms with van der Waals surface area (Å²) in [4.78, 5) is 28.7. The van der Waals surface area contributed by atoms with Crippen LogP contribution < -0.4 is 0 Å². The molecule has 0 unspecified atom stereocenters. The first-order valence-electron chi connectivity index (χ1n) is 13.1. The standard InChI is InChI=1S/C27H43NO4/c1-16(29)19-8-9-20-18-7-6-17-12-22(30)21(28-10-11-32-25(2,3)15-28)13-26(17,4)24(18)23(31)14-27(19,20)5/h17-22,24,30H,6-15H2,1-5H3/t17-,18-,19+,20-,21-,22-,24+,26-,27+/m0/s1. The Hall–Kier alpha value is -0.780. The van der Waals surface area contributed by atoms with Crippen LogP contribution in [0.15, 0.2) is 0 Å². The molecule has 5 aliphatic rings. The molecule has 1 aliphatic heterocycles. The van der Waals surface area contributed by atoms with E-state index in [9.17, 15) is 14.7 Å². The molecule has 0 aromatic carbocycles. The van der Waals surface area contributed by atoms with E-state index in [1.165, 1.54) is 0 Å². The van der Waals surface area contributed by atoms with E-state index in [0.29, 0.717) is 36.6 Å². The fraction of sp³-hybridized carbons (Fsp3) is 0.926. The van der Waals surface area contributed by atoms with Crippen molar-refractivity contribution in [3.05, 3.63) is 0 Å². The van der Waals surface area contributed by atoms with Crippen molar-refractivity contribution in [1.82, 2.24) is 4.90 Å². The normalized spacial score (nSPS) is 50.9. The Balaban J connectivity index is 1.44. The summed E-state index contributed by atoms with van der Waals surface area (Å²) < 4.78 is 5.94. The number of morpholine rings is 1. The number of rotatable bonds is 2. The largest absolute Gasteiger partial charge is 0.391 e. The molecule has 4 saturated carbocycles. The lowest BCUT2D eigenvalue weighted by atomic mass is 9.43. The maximum atomic E-state index is 13.9. The zero-order valence-electron chi connectivity index (χ0n) is 20.7. The van der Waals surface area contributed by atoms with Crippen LogP contribution in [0.5, 0.6) is 0 Å². The van der Waals surface area contributed by atoms with E-state index in [2.05, 4.69) is 32.6 Å². The number of nitrogens with zero attached hydrogens (tertiary/aromatic N) is 1. The van der Waals surface area contributed by atoms with Crippen LogP contribution in [0.3, 0.4) is 0 Å². The van der Waals surface area contributed by atoms with E-state index in [1.54, 1.807) is 6.92 Å². The van der Waals surface area contributed by atoms with Crippen LogP contribution in [0.25, 0.3) is 0 Å². The summed E-state index contributed by atoms with van der Waals surface area (Å²) in [5.74, 6) is 2.15. The van der Waals surface area contributed by atoms with Crippen LogP contribution >= 0.6 is 0 Å². The third-order valence-corrected chi connectivity index (χ3v) is 10.8. The molecule has 5 fully saturated rings. The van der Waals surface area contributed by atoms with Crippen molar-refractivity contribution in [2.75, 3.05) is 19.7 Å². The molecule has 1 heterocycles. The van der Waals surface area contributed by atoms with Crippen molar-refractivity contribution >= 4 is 11.6 Å². The summed E-state index contributed by atoms with van der Waals surface area (Å²) in [6.45, 7) is 13.0. The second-order valence-electron chi connectivity index (χ2n) is 13.1. The Kier molecular flexibility index (Phi) is 5.47. The van der Waals surface area contributed by atoms with E-state index >= 15 is 0 Å². The van der Waals surface area contributed by atoms with Gasteiger partial charge in [-0.25, -0.2) is 0 Å². The highest BCUT2D eigenvalue weighted by Crippen LogP contribution is 2.66. The molecular formula is C27H43NO4. The molecule has 1 saturated heterocycles. The van der Waals surface area contributed by atoms with Crippen LogP contribution in [0, 0.1) is 40.4 Å². The highest BCUT2D eigenvalue weighted by Gasteiger charge is 2.64. The minimum atomic E-state index is -0.323. The minimum Gasteiger partial charge on any atom is -0.391 e. The Labute approximate surface area is 193 Å². The molecule has 0 aromatic rings. The van der Waals surface area contributed by atoms with Gasteiger partial charge in [0, 0.05) is 37.4 Å². The van der Waals surface area contributed by atoms with E-state index in [0.717, 1.165) is 51.6 Å². The Morgan fingerprint density at radius 1 is 1.09 bits per heavy atom. The van der Waals surface area contributed by atoms with Gasteiger partial charge in [0.25, 0.3) is 0 Å². The van der Waals surface area contributed by atoms with E-state index in [4.69, 9.17) is 4.74 Å². The molecule has 0 amide bonds. The van der Waals surface area contributed by atoms with E-state index in [1.807, 2.05) is 0 Å². The van der Waals surface area contributed by atoms with Crippen molar-refractivity contribution in [2.45, 2.75) is 97.3 Å². The molecule has 180 valence electrons. The van der Waals surface area contributed by atoms with Crippen LogP contribution in [0.1, 0.15) is 79.6 Å². The Morgan fingerprint density at radius 3 is 2.53 bits per heavy atom. The lowest BCUT2D eigenvalue weighted by Gasteiger charge is -2.62. The van der Waals surface area contributed by atoms with Gasteiger partial charge < -0.3 is 9.84 Å². The fourth-order valence-electron chi connectivity index (χ4n) is 9.47. The number of hydrogen-bond donors (Lipinski definition) is 1. The highest BCUT2D eigenvalue weighted by molar-refractivity contribution is 5.87. The Bertz CT molecular complexity index is 795. The van der Waals surface area contributed by atoms with Crippen LogP contribution in [0.2, 0.25) is 0 Å². The number of ketones is 2. The molecule has 0 aromatic heterocycles. The van der Waals surface area contributed by atoms with Gasteiger partial charge in [0.05, 0.1) is 18.3 Å². The maximum absolute atomic E-state index is 13.9. The predicted octanol–water partition coefficient (Wildman–Crippen LogP) is 3.86. The molecule has 1 N–H and O–H groups in total. The van der Waals surface area contributed by atoms with Gasteiger partial charge >= 0.3 is 0 Å². The summed E-state index contributed by atoms with van der Waals surface area (Å²) in [5.41, 5.74) is -0.393. The molecule has 0 radical (unpaired) electrons. The second kappa shape index (κ2) is 7.61. The Morgan fingerprint density at radius 2 is 1.84 bits per heavy atom. The van der Waals surface area contributed by atoms with Crippen molar-refractivity contribution in [2.24, 2.45) is 40.4 Å². The number of aliphatic hydroxyl groups is 1. The zero-order valence-corrected chi connectivity index (χ0v) is 20.7. The van der Waals surface area contributed by atoms with Gasteiger partial charge in [-0.15, -0.1) is 0 Å². The topological polar surface area (TPSA) is 66.8 Å². The molecule has 0 bridgehead atoms. The third-order valence-electron chi connectivity index (χ3n) is 10.8. The maximum Gasteiger partial charge on any atom is 0.137 e. The van der Waals surface area contributed by atoms with Gasteiger partial charge in [0.2, 0.25) is 0 Å². The molecular weight excluding hydrogens is 402 g/mol. The SMILES string of the molecule is CC(=O)[C@H]1CC[C@H]2[C@@H]3CC[C@H]4C[C@H](O)[C@@H](N5CCOC(C)(C)C5)C[C@]4(C)[C@H]3C(=O)C[C@]12C. The number of carbonyl (C=O) groups excluding carboxylic acids is 2. The summed E-state index contributed by atoms with van der Waals surface area (Å²) >= 11 is 0. The average molecular weight is 446 g/mol. The number of ether oxygens (including phenoxy) is 1. The predicted molar refractivity (Wildman–Crippen MR) is 123 cm³/mol. The first kappa shape index (κ1) is 23.0. The van der Waals surface area contributed by atoms with Gasteiger partial charge in [-0.3, -0.25) is 14.5 Å². The number of aliphatic hydroxyl groups excluding tert-OH is 1. The lowest BCUT2D eigenvalue weighted by molar-refractivity contribution is -0.177. The molecule has 32 heavy (non-hydrogen) atoms. The van der Waals surface area contributed by atoms with Crippen LogP contribution in [0.4, 0.5) is 0 Å².